The highest BCUT2D eigenvalue weighted by Gasteiger charge is 2.39. The van der Waals surface area contributed by atoms with Gasteiger partial charge in [-0.05, 0) is 37.4 Å². The maximum absolute atomic E-state index is 12.2. The Bertz CT molecular complexity index is 368. The van der Waals surface area contributed by atoms with E-state index in [0.29, 0.717) is 6.42 Å². The molecule has 5 heteroatoms. The summed E-state index contributed by atoms with van der Waals surface area (Å²) in [5, 5.41) is 12.1. The van der Waals surface area contributed by atoms with Gasteiger partial charge in [0.25, 0.3) is 0 Å². The Morgan fingerprint density at radius 1 is 1.10 bits per heavy atom. The Balaban J connectivity index is 1.84. The summed E-state index contributed by atoms with van der Waals surface area (Å²) in [6, 6.07) is 0. The molecule has 2 saturated carbocycles. The van der Waals surface area contributed by atoms with Crippen molar-refractivity contribution in [1.82, 2.24) is 5.32 Å². The first kappa shape index (κ1) is 15.7. The molecule has 0 aliphatic heterocycles. The van der Waals surface area contributed by atoms with E-state index in [1.54, 1.807) is 0 Å². The minimum Gasteiger partial charge on any atom is -0.481 e. The quantitative estimate of drug-likeness (QED) is 0.758. The molecule has 0 saturated heterocycles. The molecular formula is C15H25NO3S. The molecular weight excluding hydrogens is 274 g/mol. The summed E-state index contributed by atoms with van der Waals surface area (Å²) in [6.45, 7) is 0.732. The minimum atomic E-state index is -0.778. The molecule has 114 valence electrons. The van der Waals surface area contributed by atoms with E-state index in [9.17, 15) is 9.59 Å². The third-order valence-electron chi connectivity index (χ3n) is 5.03. The molecule has 0 aromatic carbocycles. The molecule has 0 spiro atoms. The van der Waals surface area contributed by atoms with Gasteiger partial charge in [-0.25, -0.2) is 0 Å². The SMILES string of the molecule is CSC1(CNC(=O)CC2(CC(=O)O)CCCC2)CCC1. The van der Waals surface area contributed by atoms with Crippen LogP contribution in [0.5, 0.6) is 0 Å². The Hall–Kier alpha value is -0.710. The molecule has 2 fully saturated rings. The number of rotatable bonds is 7. The Morgan fingerprint density at radius 3 is 2.20 bits per heavy atom. The Kier molecular flexibility index (Phi) is 4.99. The minimum absolute atomic E-state index is 0.0356. The summed E-state index contributed by atoms with van der Waals surface area (Å²) in [6.07, 6.45) is 10.1. The highest BCUT2D eigenvalue weighted by atomic mass is 32.2. The van der Waals surface area contributed by atoms with Gasteiger partial charge in [-0.15, -0.1) is 0 Å². The molecule has 0 radical (unpaired) electrons. The Labute approximate surface area is 125 Å². The number of carboxylic acids is 1. The van der Waals surface area contributed by atoms with E-state index in [1.165, 1.54) is 19.3 Å². The predicted molar refractivity (Wildman–Crippen MR) is 80.9 cm³/mol. The van der Waals surface area contributed by atoms with Crippen molar-refractivity contribution in [2.75, 3.05) is 12.8 Å². The van der Waals surface area contributed by atoms with Crippen LogP contribution in [0.1, 0.15) is 57.8 Å². The summed E-state index contributed by atoms with van der Waals surface area (Å²) in [4.78, 5) is 23.2. The largest absolute Gasteiger partial charge is 0.481 e. The third-order valence-corrected chi connectivity index (χ3v) is 6.45. The number of amides is 1. The van der Waals surface area contributed by atoms with E-state index in [-0.39, 0.29) is 22.5 Å². The highest BCUT2D eigenvalue weighted by molar-refractivity contribution is 8.00. The molecule has 0 aromatic rings. The lowest BCUT2D eigenvalue weighted by molar-refractivity contribution is -0.140. The average Bonchev–Trinajstić information content (AvgIpc) is 2.75. The average molecular weight is 299 g/mol. The molecule has 20 heavy (non-hydrogen) atoms. The van der Waals surface area contributed by atoms with Crippen LogP contribution in [-0.4, -0.2) is 34.5 Å². The second kappa shape index (κ2) is 6.37. The standard InChI is InChI=1S/C15H25NO3S/c1-20-15(7-4-8-15)11-16-12(17)9-14(10-13(18)19)5-2-3-6-14/h2-11H2,1H3,(H,16,17)(H,18,19). The lowest BCUT2D eigenvalue weighted by Crippen LogP contribution is -2.46. The van der Waals surface area contributed by atoms with Gasteiger partial charge in [0.15, 0.2) is 0 Å². The molecule has 4 nitrogen and oxygen atoms in total. The summed E-state index contributed by atoms with van der Waals surface area (Å²) >= 11 is 1.84. The van der Waals surface area contributed by atoms with Gasteiger partial charge >= 0.3 is 5.97 Å². The zero-order valence-electron chi connectivity index (χ0n) is 12.2. The number of carbonyl (C=O) groups excluding carboxylic acids is 1. The van der Waals surface area contributed by atoms with Gasteiger partial charge in [-0.1, -0.05) is 19.3 Å². The monoisotopic (exact) mass is 299 g/mol. The molecule has 2 aliphatic carbocycles. The van der Waals surface area contributed by atoms with Crippen LogP contribution >= 0.6 is 11.8 Å². The van der Waals surface area contributed by atoms with Gasteiger partial charge in [0.05, 0.1) is 6.42 Å². The van der Waals surface area contributed by atoms with Crippen LogP contribution in [-0.2, 0) is 9.59 Å². The van der Waals surface area contributed by atoms with E-state index < -0.39 is 5.97 Å². The molecule has 2 N–H and O–H groups in total. The fraction of sp³-hybridized carbons (Fsp3) is 0.867. The lowest BCUT2D eigenvalue weighted by Gasteiger charge is -2.40. The topological polar surface area (TPSA) is 66.4 Å². The fourth-order valence-corrected chi connectivity index (χ4v) is 4.46. The fourth-order valence-electron chi connectivity index (χ4n) is 3.55. The molecule has 0 bridgehead atoms. The third kappa shape index (κ3) is 3.68. The van der Waals surface area contributed by atoms with Crippen molar-refractivity contribution in [3.8, 4) is 0 Å². The van der Waals surface area contributed by atoms with Crippen LogP contribution in [0.25, 0.3) is 0 Å². The van der Waals surface area contributed by atoms with Gasteiger partial charge < -0.3 is 10.4 Å². The first-order valence-corrected chi connectivity index (χ1v) is 8.75. The second-order valence-corrected chi connectivity index (χ2v) is 7.75. The van der Waals surface area contributed by atoms with Crippen molar-refractivity contribution >= 4 is 23.6 Å². The maximum Gasteiger partial charge on any atom is 0.303 e. The zero-order chi connectivity index (χ0) is 14.6. The maximum atomic E-state index is 12.2. The van der Waals surface area contributed by atoms with Crippen LogP contribution in [0, 0.1) is 5.41 Å². The smallest absolute Gasteiger partial charge is 0.303 e. The molecule has 0 heterocycles. The van der Waals surface area contributed by atoms with Crippen LogP contribution in [0.2, 0.25) is 0 Å². The molecule has 0 unspecified atom stereocenters. The molecule has 0 aromatic heterocycles. The van der Waals surface area contributed by atoms with Crippen LogP contribution in [0.3, 0.4) is 0 Å². The van der Waals surface area contributed by atoms with E-state index in [0.717, 1.165) is 32.2 Å². The molecule has 2 rings (SSSR count). The van der Waals surface area contributed by atoms with Crippen molar-refractivity contribution in [2.24, 2.45) is 5.41 Å². The first-order chi connectivity index (χ1) is 9.49. The summed E-state index contributed by atoms with van der Waals surface area (Å²) in [5.41, 5.74) is -0.290. The number of aliphatic carboxylic acids is 1. The number of thioether (sulfide) groups is 1. The zero-order valence-corrected chi connectivity index (χ0v) is 13.1. The van der Waals surface area contributed by atoms with E-state index in [2.05, 4.69) is 11.6 Å². The van der Waals surface area contributed by atoms with Crippen LogP contribution in [0.15, 0.2) is 0 Å². The van der Waals surface area contributed by atoms with Gasteiger partial charge in [-0.3, -0.25) is 9.59 Å². The number of hydrogen-bond donors (Lipinski definition) is 2. The van der Waals surface area contributed by atoms with Gasteiger partial charge in [0, 0.05) is 17.7 Å². The predicted octanol–water partition coefficient (Wildman–Crippen LogP) is 2.81. The summed E-state index contributed by atoms with van der Waals surface area (Å²) in [5.74, 6) is -0.743. The summed E-state index contributed by atoms with van der Waals surface area (Å²) in [7, 11) is 0. The van der Waals surface area contributed by atoms with Crippen molar-refractivity contribution in [1.29, 1.82) is 0 Å². The Morgan fingerprint density at radius 2 is 1.75 bits per heavy atom. The first-order valence-electron chi connectivity index (χ1n) is 7.53. The summed E-state index contributed by atoms with van der Waals surface area (Å²) < 4.78 is 0.241. The van der Waals surface area contributed by atoms with Crippen molar-refractivity contribution in [3.05, 3.63) is 0 Å². The van der Waals surface area contributed by atoms with E-state index in [4.69, 9.17) is 5.11 Å². The lowest BCUT2D eigenvalue weighted by atomic mass is 9.79. The van der Waals surface area contributed by atoms with Crippen molar-refractivity contribution in [2.45, 2.75) is 62.5 Å². The highest BCUT2D eigenvalue weighted by Crippen LogP contribution is 2.45. The normalized spacial score (nSPS) is 23.1. The van der Waals surface area contributed by atoms with Gasteiger partial charge in [-0.2, -0.15) is 11.8 Å². The molecule has 0 atom stereocenters. The van der Waals surface area contributed by atoms with Crippen molar-refractivity contribution in [3.63, 3.8) is 0 Å². The van der Waals surface area contributed by atoms with Gasteiger partial charge in [0.1, 0.15) is 0 Å². The van der Waals surface area contributed by atoms with Crippen LogP contribution in [0.4, 0.5) is 0 Å². The molecule has 1 amide bonds. The van der Waals surface area contributed by atoms with E-state index >= 15 is 0 Å². The number of carboxylic acid groups (broad SMARTS) is 1. The number of nitrogens with one attached hydrogen (secondary N) is 1. The number of carbonyl (C=O) groups is 2. The second-order valence-electron chi connectivity index (χ2n) is 6.47. The van der Waals surface area contributed by atoms with Gasteiger partial charge in [0.2, 0.25) is 5.91 Å². The molecule has 2 aliphatic rings. The van der Waals surface area contributed by atoms with Crippen molar-refractivity contribution < 1.29 is 14.7 Å². The van der Waals surface area contributed by atoms with E-state index in [1.807, 2.05) is 11.8 Å². The van der Waals surface area contributed by atoms with Crippen LogP contribution < -0.4 is 5.32 Å². The number of hydrogen-bond acceptors (Lipinski definition) is 3.